The van der Waals surface area contributed by atoms with Crippen LogP contribution in [0.3, 0.4) is 0 Å². The van der Waals surface area contributed by atoms with Gasteiger partial charge in [-0.3, -0.25) is 0 Å². The van der Waals surface area contributed by atoms with E-state index in [0.29, 0.717) is 12.0 Å². The maximum Gasteiger partial charge on any atom is 0.336 e. The number of nitrogens with one attached hydrogen (secondary N) is 2. The fourth-order valence-electron chi connectivity index (χ4n) is 3.63. The zero-order chi connectivity index (χ0) is 22.2. The number of nitrogens with zero attached hydrogens (tertiary/aromatic N) is 1. The van der Waals surface area contributed by atoms with Gasteiger partial charge in [0, 0.05) is 11.6 Å². The molecule has 1 atom stereocenters. The number of fused-ring (bicyclic) bond motifs is 1. The fraction of sp³-hybridized carbons (Fsp3) is 0.217. The first kappa shape index (κ1) is 21.0. The van der Waals surface area contributed by atoms with Crippen LogP contribution < -0.4 is 4.72 Å². The smallest absolute Gasteiger partial charge is 0.336 e. The number of H-pyrrole nitrogens is 1. The van der Waals surface area contributed by atoms with E-state index in [-0.39, 0.29) is 16.4 Å². The molecule has 4 rings (SSSR count). The summed E-state index contributed by atoms with van der Waals surface area (Å²) in [6, 6.07) is 11.5. The van der Waals surface area contributed by atoms with Gasteiger partial charge in [-0.15, -0.1) is 0 Å². The van der Waals surface area contributed by atoms with Crippen molar-refractivity contribution in [3.63, 3.8) is 0 Å². The van der Waals surface area contributed by atoms with Crippen LogP contribution in [0.4, 0.5) is 0 Å². The minimum absolute atomic E-state index is 0.00382. The molecule has 1 unspecified atom stereocenters. The average Bonchev–Trinajstić information content (AvgIpc) is 3.17. The molecule has 0 saturated heterocycles. The van der Waals surface area contributed by atoms with Gasteiger partial charge in [0.15, 0.2) is 0 Å². The minimum Gasteiger partial charge on any atom is -0.478 e. The highest BCUT2D eigenvalue weighted by Crippen LogP contribution is 2.25. The van der Waals surface area contributed by atoms with Crippen molar-refractivity contribution in [2.24, 2.45) is 0 Å². The first-order valence-corrected chi connectivity index (χ1v) is 11.5. The molecule has 0 aliphatic heterocycles. The Labute approximate surface area is 180 Å². The van der Waals surface area contributed by atoms with Crippen LogP contribution in [0.2, 0.25) is 0 Å². The Hall–Kier alpha value is -3.23. The lowest BCUT2D eigenvalue weighted by atomic mass is 9.97. The third-order valence-electron chi connectivity index (χ3n) is 5.26. The molecule has 0 fully saturated rings. The molecule has 7 nitrogen and oxygen atoms in total. The molecule has 1 aliphatic rings. The normalized spacial score (nSPS) is 16.6. The summed E-state index contributed by atoms with van der Waals surface area (Å²) in [5, 5.41) is 9.47. The maximum absolute atomic E-state index is 12.8. The van der Waals surface area contributed by atoms with Gasteiger partial charge in [-0.1, -0.05) is 50.3 Å². The number of rotatable bonds is 6. The third kappa shape index (κ3) is 4.30. The van der Waals surface area contributed by atoms with Gasteiger partial charge in [-0.2, -0.15) is 0 Å². The van der Waals surface area contributed by atoms with Crippen molar-refractivity contribution in [2.45, 2.75) is 37.1 Å². The minimum atomic E-state index is -3.88. The van der Waals surface area contributed by atoms with Gasteiger partial charge >= 0.3 is 5.97 Å². The number of carboxylic acids is 1. The molecule has 0 amide bonds. The summed E-state index contributed by atoms with van der Waals surface area (Å²) in [4.78, 5) is 19.4. The Morgan fingerprint density at radius 2 is 2.00 bits per heavy atom. The largest absolute Gasteiger partial charge is 0.478 e. The molecule has 2 aromatic carbocycles. The fourth-order valence-corrected chi connectivity index (χ4v) is 4.86. The van der Waals surface area contributed by atoms with Crippen molar-refractivity contribution in [3.05, 3.63) is 77.6 Å². The van der Waals surface area contributed by atoms with Crippen LogP contribution in [-0.2, 0) is 10.0 Å². The van der Waals surface area contributed by atoms with Crippen LogP contribution in [0.15, 0.2) is 65.6 Å². The molecule has 3 aromatic rings. The molecular weight excluding hydrogens is 414 g/mol. The first-order valence-electron chi connectivity index (χ1n) is 9.97. The van der Waals surface area contributed by atoms with E-state index < -0.39 is 22.0 Å². The van der Waals surface area contributed by atoms with Gasteiger partial charge in [0.1, 0.15) is 5.82 Å². The van der Waals surface area contributed by atoms with Crippen LogP contribution in [0.25, 0.3) is 16.6 Å². The quantitative estimate of drug-likeness (QED) is 0.538. The van der Waals surface area contributed by atoms with E-state index in [9.17, 15) is 18.3 Å². The predicted octanol–water partition coefficient (Wildman–Crippen LogP) is 4.07. The Kier molecular flexibility index (Phi) is 5.51. The summed E-state index contributed by atoms with van der Waals surface area (Å²) in [7, 11) is -3.88. The lowest BCUT2D eigenvalue weighted by molar-refractivity contribution is 0.0695. The number of benzene rings is 2. The molecule has 0 spiro atoms. The van der Waals surface area contributed by atoms with Crippen LogP contribution in [0.1, 0.15) is 47.9 Å². The number of imidazole rings is 1. The summed E-state index contributed by atoms with van der Waals surface area (Å²) < 4.78 is 28.3. The summed E-state index contributed by atoms with van der Waals surface area (Å²) >= 11 is 0. The van der Waals surface area contributed by atoms with Crippen molar-refractivity contribution < 1.29 is 18.3 Å². The molecule has 31 heavy (non-hydrogen) atoms. The Morgan fingerprint density at radius 1 is 1.23 bits per heavy atom. The number of carboxylic acid groups (broad SMARTS) is 1. The maximum atomic E-state index is 12.8. The van der Waals surface area contributed by atoms with Crippen molar-refractivity contribution in [1.29, 1.82) is 0 Å². The molecule has 0 bridgehead atoms. The van der Waals surface area contributed by atoms with Crippen molar-refractivity contribution in [1.82, 2.24) is 14.7 Å². The predicted molar refractivity (Wildman–Crippen MR) is 119 cm³/mol. The topological polar surface area (TPSA) is 112 Å². The second-order valence-electron chi connectivity index (χ2n) is 7.79. The number of hydrogen-bond acceptors (Lipinski definition) is 4. The van der Waals surface area contributed by atoms with Crippen molar-refractivity contribution >= 4 is 32.6 Å². The van der Waals surface area contributed by atoms with Gasteiger partial charge in [-0.05, 0) is 42.2 Å². The molecular formula is C23H23N3O4S. The number of allylic oxidation sites excluding steroid dienone is 2. The van der Waals surface area contributed by atoms with E-state index in [1.54, 1.807) is 12.1 Å². The Balaban J connectivity index is 1.52. The average molecular weight is 438 g/mol. The number of aromatic nitrogens is 2. The highest BCUT2D eigenvalue weighted by Gasteiger charge is 2.23. The van der Waals surface area contributed by atoms with Gasteiger partial charge in [-0.25, -0.2) is 22.9 Å². The van der Waals surface area contributed by atoms with Crippen LogP contribution in [0, 0.1) is 0 Å². The SMILES string of the molecule is CC(C)c1ccc(S(=O)(=O)NC2C=CC(c3nc4ccccc4[nH]3)=CC2)cc1C(=O)O. The van der Waals surface area contributed by atoms with Gasteiger partial charge in [0.2, 0.25) is 10.0 Å². The molecule has 0 saturated carbocycles. The van der Waals surface area contributed by atoms with E-state index in [1.165, 1.54) is 12.1 Å². The number of sulfonamides is 1. The van der Waals surface area contributed by atoms with Crippen LogP contribution in [-0.4, -0.2) is 35.5 Å². The van der Waals surface area contributed by atoms with E-state index >= 15 is 0 Å². The van der Waals surface area contributed by atoms with Gasteiger partial charge in [0.05, 0.1) is 21.5 Å². The second-order valence-corrected chi connectivity index (χ2v) is 9.51. The lowest BCUT2D eigenvalue weighted by Crippen LogP contribution is -2.34. The highest BCUT2D eigenvalue weighted by molar-refractivity contribution is 7.89. The number of para-hydroxylation sites is 2. The van der Waals surface area contributed by atoms with E-state index in [2.05, 4.69) is 14.7 Å². The third-order valence-corrected chi connectivity index (χ3v) is 6.74. The van der Waals surface area contributed by atoms with Crippen molar-refractivity contribution in [2.75, 3.05) is 0 Å². The van der Waals surface area contributed by atoms with Crippen molar-refractivity contribution in [3.8, 4) is 0 Å². The van der Waals surface area contributed by atoms with Gasteiger partial charge < -0.3 is 10.1 Å². The summed E-state index contributed by atoms with van der Waals surface area (Å²) in [6.07, 6.45) is 5.99. The molecule has 1 aliphatic carbocycles. The zero-order valence-corrected chi connectivity index (χ0v) is 18.0. The Morgan fingerprint density at radius 3 is 2.65 bits per heavy atom. The summed E-state index contributed by atoms with van der Waals surface area (Å²) in [6.45, 7) is 3.74. The molecule has 1 aromatic heterocycles. The molecule has 160 valence electrons. The number of hydrogen-bond donors (Lipinski definition) is 3. The second kappa shape index (κ2) is 8.13. The first-order chi connectivity index (χ1) is 14.7. The summed E-state index contributed by atoms with van der Waals surface area (Å²) in [5.74, 6) is -0.440. The summed E-state index contributed by atoms with van der Waals surface area (Å²) in [5.41, 5.74) is 3.30. The highest BCUT2D eigenvalue weighted by atomic mass is 32.2. The van der Waals surface area contributed by atoms with Crippen LogP contribution >= 0.6 is 0 Å². The number of aromatic amines is 1. The Bertz CT molecular complexity index is 1290. The molecule has 3 N–H and O–H groups in total. The number of aromatic carboxylic acids is 1. The zero-order valence-electron chi connectivity index (χ0n) is 17.2. The van der Waals surface area contributed by atoms with Crippen LogP contribution in [0.5, 0.6) is 0 Å². The van der Waals surface area contributed by atoms with E-state index in [0.717, 1.165) is 22.4 Å². The number of carbonyl (C=O) groups is 1. The lowest BCUT2D eigenvalue weighted by Gasteiger charge is -2.18. The molecule has 1 heterocycles. The molecule has 8 heteroatoms. The standard InChI is InChI=1S/C23H23N3O4S/c1-14(2)18-12-11-17(13-19(18)23(27)28)31(29,30)26-16-9-7-15(8-10-16)22-24-20-5-3-4-6-21(20)25-22/h3-9,11-14,16,26H,10H2,1-2H3,(H,24,25)(H,27,28). The monoisotopic (exact) mass is 437 g/mol. The van der Waals surface area contributed by atoms with Gasteiger partial charge in [0.25, 0.3) is 0 Å². The van der Waals surface area contributed by atoms with E-state index in [4.69, 9.17) is 0 Å². The van der Waals surface area contributed by atoms with E-state index in [1.807, 2.05) is 50.3 Å². The molecule has 0 radical (unpaired) electrons.